The number of hydrogen-bond acceptors (Lipinski definition) is 5. The molecule has 2 aromatic rings. The summed E-state index contributed by atoms with van der Waals surface area (Å²) in [5, 5.41) is 0.722. The number of benzene rings is 1. The van der Waals surface area contributed by atoms with E-state index in [2.05, 4.69) is 26.8 Å². The molecule has 1 aliphatic rings. The molecule has 1 aromatic carbocycles. The zero-order valence-electron chi connectivity index (χ0n) is 15.6. The van der Waals surface area contributed by atoms with Gasteiger partial charge in [0.05, 0.1) is 6.61 Å². The van der Waals surface area contributed by atoms with Crippen molar-refractivity contribution in [1.82, 2.24) is 19.8 Å². The Morgan fingerprint density at radius 1 is 1.23 bits per heavy atom. The van der Waals surface area contributed by atoms with Gasteiger partial charge in [0.1, 0.15) is 0 Å². The maximum absolute atomic E-state index is 5.93. The molecule has 0 aliphatic carbocycles. The molecule has 1 atom stereocenters. The first kappa shape index (κ1) is 19.2. The summed E-state index contributed by atoms with van der Waals surface area (Å²) < 4.78 is 5.17. The summed E-state index contributed by atoms with van der Waals surface area (Å²) in [5.41, 5.74) is 2.12. The summed E-state index contributed by atoms with van der Waals surface area (Å²) in [4.78, 5) is 13.9. The van der Waals surface area contributed by atoms with E-state index in [4.69, 9.17) is 16.3 Å². The normalized spacial score (nSPS) is 17.9. The van der Waals surface area contributed by atoms with Crippen molar-refractivity contribution in [2.45, 2.75) is 13.0 Å². The average molecular weight is 375 g/mol. The number of hydrogen-bond donors (Lipinski definition) is 0. The standard InChI is InChI=1S/C20H27ClN4O/c1-24(13-16-7-8-25(15-16)9-10-26-2)14-17-11-22-20(23-12-17)18-3-5-19(21)6-4-18/h3-6,11-12,16H,7-10,13-15H2,1-2H3. The number of aromatic nitrogens is 2. The summed E-state index contributed by atoms with van der Waals surface area (Å²) >= 11 is 5.93. The summed E-state index contributed by atoms with van der Waals surface area (Å²) in [7, 11) is 3.94. The molecule has 0 bridgehead atoms. The molecule has 140 valence electrons. The fraction of sp³-hybridized carbons (Fsp3) is 0.500. The monoisotopic (exact) mass is 374 g/mol. The quantitative estimate of drug-likeness (QED) is 0.709. The molecule has 0 spiro atoms. The summed E-state index contributed by atoms with van der Waals surface area (Å²) in [5.74, 6) is 1.46. The Balaban J connectivity index is 1.49. The topological polar surface area (TPSA) is 41.5 Å². The number of rotatable bonds is 8. The molecule has 1 aliphatic heterocycles. The molecular formula is C20H27ClN4O. The maximum Gasteiger partial charge on any atom is 0.159 e. The Labute approximate surface area is 161 Å². The van der Waals surface area contributed by atoms with Crippen LogP contribution in [0.3, 0.4) is 0 Å². The Morgan fingerprint density at radius 3 is 2.65 bits per heavy atom. The predicted octanol–water partition coefficient (Wildman–Crippen LogP) is 3.20. The van der Waals surface area contributed by atoms with E-state index in [-0.39, 0.29) is 0 Å². The van der Waals surface area contributed by atoms with Gasteiger partial charge >= 0.3 is 0 Å². The highest BCUT2D eigenvalue weighted by Crippen LogP contribution is 2.19. The highest BCUT2D eigenvalue weighted by atomic mass is 35.5. The predicted molar refractivity (Wildman–Crippen MR) is 105 cm³/mol. The zero-order valence-corrected chi connectivity index (χ0v) is 16.3. The number of halogens is 1. The molecule has 26 heavy (non-hydrogen) atoms. The third-order valence-corrected chi connectivity index (χ3v) is 5.06. The van der Waals surface area contributed by atoms with Crippen molar-refractivity contribution in [1.29, 1.82) is 0 Å². The van der Waals surface area contributed by atoms with Crippen molar-refractivity contribution in [3.63, 3.8) is 0 Å². The van der Waals surface area contributed by atoms with E-state index < -0.39 is 0 Å². The fourth-order valence-electron chi connectivity index (χ4n) is 3.49. The van der Waals surface area contributed by atoms with Crippen LogP contribution in [0.15, 0.2) is 36.7 Å². The number of likely N-dealkylation sites (tertiary alicyclic amines) is 1. The highest BCUT2D eigenvalue weighted by Gasteiger charge is 2.23. The van der Waals surface area contributed by atoms with Crippen molar-refractivity contribution in [2.75, 3.05) is 46.9 Å². The van der Waals surface area contributed by atoms with Crippen molar-refractivity contribution >= 4 is 11.6 Å². The van der Waals surface area contributed by atoms with Crippen LogP contribution in [0.2, 0.25) is 5.02 Å². The largest absolute Gasteiger partial charge is 0.383 e. The minimum atomic E-state index is 0.722. The molecule has 2 heterocycles. The van der Waals surface area contributed by atoms with Gasteiger partial charge in [-0.3, -0.25) is 0 Å². The van der Waals surface area contributed by atoms with Crippen LogP contribution < -0.4 is 0 Å². The molecule has 1 unspecified atom stereocenters. The molecule has 1 saturated heterocycles. The zero-order chi connectivity index (χ0) is 18.4. The van der Waals surface area contributed by atoms with Gasteiger partial charge in [-0.2, -0.15) is 0 Å². The molecule has 1 fully saturated rings. The lowest BCUT2D eigenvalue weighted by atomic mass is 10.1. The van der Waals surface area contributed by atoms with Crippen LogP contribution in [0.5, 0.6) is 0 Å². The Bertz CT molecular complexity index is 677. The van der Waals surface area contributed by atoms with Crippen LogP contribution in [-0.4, -0.2) is 66.7 Å². The molecule has 0 amide bonds. The van der Waals surface area contributed by atoms with Gasteiger partial charge in [0, 0.05) is 61.8 Å². The highest BCUT2D eigenvalue weighted by molar-refractivity contribution is 6.30. The lowest BCUT2D eigenvalue weighted by molar-refractivity contribution is 0.157. The minimum Gasteiger partial charge on any atom is -0.383 e. The van der Waals surface area contributed by atoms with Crippen molar-refractivity contribution in [2.24, 2.45) is 5.92 Å². The van der Waals surface area contributed by atoms with Crippen LogP contribution >= 0.6 is 11.6 Å². The van der Waals surface area contributed by atoms with Gasteiger partial charge in [0.25, 0.3) is 0 Å². The van der Waals surface area contributed by atoms with E-state index in [1.807, 2.05) is 36.7 Å². The van der Waals surface area contributed by atoms with Gasteiger partial charge in [0.2, 0.25) is 0 Å². The average Bonchev–Trinajstić information content (AvgIpc) is 3.08. The second-order valence-electron chi connectivity index (χ2n) is 7.07. The molecule has 3 rings (SSSR count). The lowest BCUT2D eigenvalue weighted by Crippen LogP contribution is -2.29. The Morgan fingerprint density at radius 2 is 1.96 bits per heavy atom. The van der Waals surface area contributed by atoms with Crippen molar-refractivity contribution in [3.05, 3.63) is 47.2 Å². The van der Waals surface area contributed by atoms with Crippen LogP contribution in [0.1, 0.15) is 12.0 Å². The van der Waals surface area contributed by atoms with Gasteiger partial charge in [-0.25, -0.2) is 9.97 Å². The van der Waals surface area contributed by atoms with Gasteiger partial charge in [-0.1, -0.05) is 11.6 Å². The van der Waals surface area contributed by atoms with E-state index in [9.17, 15) is 0 Å². The van der Waals surface area contributed by atoms with E-state index >= 15 is 0 Å². The third kappa shape index (κ3) is 5.48. The summed E-state index contributed by atoms with van der Waals surface area (Å²) in [6, 6.07) is 7.61. The molecule has 6 heteroatoms. The van der Waals surface area contributed by atoms with Crippen LogP contribution in [0, 0.1) is 5.92 Å². The lowest BCUT2D eigenvalue weighted by Gasteiger charge is -2.21. The number of ether oxygens (including phenoxy) is 1. The van der Waals surface area contributed by atoms with E-state index in [0.717, 1.165) is 54.1 Å². The van der Waals surface area contributed by atoms with Crippen LogP contribution in [0.4, 0.5) is 0 Å². The van der Waals surface area contributed by atoms with Gasteiger partial charge in [-0.15, -0.1) is 0 Å². The maximum atomic E-state index is 5.93. The Kier molecular flexibility index (Phi) is 6.97. The smallest absolute Gasteiger partial charge is 0.159 e. The van der Waals surface area contributed by atoms with Crippen LogP contribution in [-0.2, 0) is 11.3 Å². The summed E-state index contributed by atoms with van der Waals surface area (Å²) in [6.45, 7) is 6.18. The van der Waals surface area contributed by atoms with E-state index in [1.165, 1.54) is 19.5 Å². The van der Waals surface area contributed by atoms with E-state index in [0.29, 0.717) is 0 Å². The van der Waals surface area contributed by atoms with Crippen LogP contribution in [0.25, 0.3) is 11.4 Å². The first-order chi connectivity index (χ1) is 12.6. The molecule has 0 N–H and O–H groups in total. The molecule has 1 aromatic heterocycles. The fourth-order valence-corrected chi connectivity index (χ4v) is 3.61. The van der Waals surface area contributed by atoms with Gasteiger partial charge in [-0.05, 0) is 50.2 Å². The van der Waals surface area contributed by atoms with Crippen molar-refractivity contribution < 1.29 is 4.74 Å². The van der Waals surface area contributed by atoms with Gasteiger partial charge < -0.3 is 14.5 Å². The number of methoxy groups -OCH3 is 1. The minimum absolute atomic E-state index is 0.722. The first-order valence-corrected chi connectivity index (χ1v) is 9.48. The molecule has 5 nitrogen and oxygen atoms in total. The number of nitrogens with zero attached hydrogens (tertiary/aromatic N) is 4. The van der Waals surface area contributed by atoms with Gasteiger partial charge in [0.15, 0.2) is 5.82 Å². The SMILES string of the molecule is COCCN1CCC(CN(C)Cc2cnc(-c3ccc(Cl)cc3)nc2)C1. The second kappa shape index (κ2) is 9.42. The summed E-state index contributed by atoms with van der Waals surface area (Å²) in [6.07, 6.45) is 5.11. The molecular weight excluding hydrogens is 348 g/mol. The second-order valence-corrected chi connectivity index (χ2v) is 7.50. The van der Waals surface area contributed by atoms with E-state index in [1.54, 1.807) is 7.11 Å². The van der Waals surface area contributed by atoms with Crippen molar-refractivity contribution in [3.8, 4) is 11.4 Å². The molecule has 0 saturated carbocycles. The third-order valence-electron chi connectivity index (χ3n) is 4.81. The first-order valence-electron chi connectivity index (χ1n) is 9.10. The Hall–Kier alpha value is -1.53. The molecule has 0 radical (unpaired) electrons.